The van der Waals surface area contributed by atoms with E-state index in [-0.39, 0.29) is 0 Å². The average molecular weight is 376 g/mol. The number of hydrogen-bond acceptors (Lipinski definition) is 6. The van der Waals surface area contributed by atoms with Gasteiger partial charge in [-0.1, -0.05) is 12.1 Å². The summed E-state index contributed by atoms with van der Waals surface area (Å²) in [6, 6.07) is 10.2. The van der Waals surface area contributed by atoms with Crippen LogP contribution in [0.15, 0.2) is 42.7 Å². The highest BCUT2D eigenvalue weighted by molar-refractivity contribution is 6.18. The number of rotatable bonds is 6. The second-order valence-electron chi connectivity index (χ2n) is 7.00. The van der Waals surface area contributed by atoms with Crippen LogP contribution in [-0.4, -0.2) is 56.3 Å². The Morgan fingerprint density at radius 1 is 0.929 bits per heavy atom. The number of anilines is 1. The van der Waals surface area contributed by atoms with Gasteiger partial charge in [-0.15, -0.1) is 0 Å². The fraction of sp³-hybridized carbons (Fsp3) is 0.273. The number of nitrogens with zero attached hydrogens (tertiary/aromatic N) is 3. The van der Waals surface area contributed by atoms with Crippen LogP contribution in [0.2, 0.25) is 0 Å². The van der Waals surface area contributed by atoms with Gasteiger partial charge in [0.2, 0.25) is 0 Å². The van der Waals surface area contributed by atoms with Gasteiger partial charge in [0.1, 0.15) is 5.82 Å². The minimum Gasteiger partial charge on any atom is -0.493 e. The normalized spacial score (nSPS) is 11.5. The van der Waals surface area contributed by atoms with E-state index in [2.05, 4.69) is 41.4 Å². The molecule has 0 aliphatic carbocycles. The summed E-state index contributed by atoms with van der Waals surface area (Å²) >= 11 is 0. The molecule has 0 fully saturated rings. The van der Waals surface area contributed by atoms with E-state index in [4.69, 9.17) is 14.5 Å². The Bertz CT molecular complexity index is 1160. The van der Waals surface area contributed by atoms with Crippen molar-refractivity contribution in [1.29, 1.82) is 0 Å². The maximum atomic E-state index is 5.55. The first-order valence-corrected chi connectivity index (χ1v) is 9.23. The van der Waals surface area contributed by atoms with Crippen LogP contribution in [0.5, 0.6) is 11.5 Å². The van der Waals surface area contributed by atoms with Gasteiger partial charge in [0.15, 0.2) is 11.5 Å². The van der Waals surface area contributed by atoms with E-state index < -0.39 is 0 Å². The zero-order valence-electron chi connectivity index (χ0n) is 16.6. The SMILES string of the molecule is COc1cc2c(NCCN(C)C)nc3c4ccncc4ccc3c2cc1OC. The van der Waals surface area contributed by atoms with Crippen LogP contribution in [0.4, 0.5) is 5.82 Å². The molecule has 1 N–H and O–H groups in total. The molecular formula is C22H24N4O2. The van der Waals surface area contributed by atoms with Gasteiger partial charge in [-0.2, -0.15) is 0 Å². The van der Waals surface area contributed by atoms with Crippen molar-refractivity contribution in [2.45, 2.75) is 0 Å². The zero-order chi connectivity index (χ0) is 19.7. The number of nitrogens with one attached hydrogen (secondary N) is 1. The summed E-state index contributed by atoms with van der Waals surface area (Å²) in [5.41, 5.74) is 0.951. The lowest BCUT2D eigenvalue weighted by Gasteiger charge is -2.17. The van der Waals surface area contributed by atoms with E-state index in [1.54, 1.807) is 20.4 Å². The summed E-state index contributed by atoms with van der Waals surface area (Å²) in [5.74, 6) is 2.24. The maximum absolute atomic E-state index is 5.55. The first-order chi connectivity index (χ1) is 13.6. The van der Waals surface area contributed by atoms with Crippen LogP contribution in [-0.2, 0) is 0 Å². The van der Waals surface area contributed by atoms with Gasteiger partial charge in [-0.05, 0) is 37.7 Å². The number of methoxy groups -OCH3 is 2. The molecule has 0 aliphatic rings. The lowest BCUT2D eigenvalue weighted by molar-refractivity contribution is 0.356. The van der Waals surface area contributed by atoms with Crippen LogP contribution in [0.25, 0.3) is 32.4 Å². The van der Waals surface area contributed by atoms with Crippen molar-refractivity contribution in [2.75, 3.05) is 46.7 Å². The van der Waals surface area contributed by atoms with E-state index in [9.17, 15) is 0 Å². The van der Waals surface area contributed by atoms with Crippen molar-refractivity contribution in [3.05, 3.63) is 42.7 Å². The van der Waals surface area contributed by atoms with Crippen LogP contribution >= 0.6 is 0 Å². The number of fused-ring (bicyclic) bond motifs is 5. The third kappa shape index (κ3) is 3.16. The fourth-order valence-corrected chi connectivity index (χ4v) is 3.49. The molecule has 6 heteroatoms. The van der Waals surface area contributed by atoms with Crippen molar-refractivity contribution in [1.82, 2.24) is 14.9 Å². The molecule has 2 heterocycles. The van der Waals surface area contributed by atoms with E-state index in [1.807, 2.05) is 24.4 Å². The van der Waals surface area contributed by atoms with E-state index in [1.165, 1.54) is 0 Å². The third-order valence-electron chi connectivity index (χ3n) is 4.94. The van der Waals surface area contributed by atoms with E-state index in [0.717, 1.165) is 51.4 Å². The lowest BCUT2D eigenvalue weighted by atomic mass is 10.0. The molecule has 6 nitrogen and oxygen atoms in total. The summed E-state index contributed by atoms with van der Waals surface area (Å²) in [6.45, 7) is 1.70. The Balaban J connectivity index is 2.03. The molecule has 2 aromatic heterocycles. The standard InChI is InChI=1S/C22H24N4O2/c1-26(2)10-9-24-22-18-12-20(28-4)19(27-3)11-17(18)16-6-5-14-13-23-8-7-15(14)21(16)25-22/h5-8,11-13H,9-10H2,1-4H3,(H,24,25). The number of pyridine rings is 2. The molecule has 2 aromatic carbocycles. The number of hydrogen-bond donors (Lipinski definition) is 1. The predicted octanol–water partition coefficient (Wildman–Crippen LogP) is 3.93. The first kappa shape index (κ1) is 18.3. The van der Waals surface area contributed by atoms with Gasteiger partial charge >= 0.3 is 0 Å². The zero-order valence-corrected chi connectivity index (χ0v) is 16.6. The van der Waals surface area contributed by atoms with Crippen LogP contribution in [0, 0.1) is 0 Å². The third-order valence-corrected chi connectivity index (χ3v) is 4.94. The number of aromatic nitrogens is 2. The van der Waals surface area contributed by atoms with Crippen LogP contribution < -0.4 is 14.8 Å². The van der Waals surface area contributed by atoms with Gasteiger partial charge in [0.05, 0.1) is 19.7 Å². The number of likely N-dealkylation sites (N-methyl/N-ethyl adjacent to an activating group) is 1. The Morgan fingerprint density at radius 3 is 2.39 bits per heavy atom. The Kier molecular flexibility index (Phi) is 4.88. The highest BCUT2D eigenvalue weighted by Gasteiger charge is 2.15. The Hall–Kier alpha value is -3.12. The molecule has 0 bridgehead atoms. The summed E-state index contributed by atoms with van der Waals surface area (Å²) in [6.07, 6.45) is 3.68. The minimum atomic E-state index is 0.691. The van der Waals surface area contributed by atoms with Gasteiger partial charge < -0.3 is 19.7 Å². The fourth-order valence-electron chi connectivity index (χ4n) is 3.49. The van der Waals surface area contributed by atoms with Gasteiger partial charge in [-0.25, -0.2) is 4.98 Å². The molecule has 0 aliphatic heterocycles. The molecule has 0 spiro atoms. The first-order valence-electron chi connectivity index (χ1n) is 9.23. The smallest absolute Gasteiger partial charge is 0.161 e. The molecule has 0 unspecified atom stereocenters. The van der Waals surface area contributed by atoms with Crippen molar-refractivity contribution < 1.29 is 9.47 Å². The van der Waals surface area contributed by atoms with E-state index in [0.29, 0.717) is 11.5 Å². The van der Waals surface area contributed by atoms with Crippen molar-refractivity contribution >= 4 is 38.3 Å². The van der Waals surface area contributed by atoms with Crippen LogP contribution in [0.1, 0.15) is 0 Å². The Morgan fingerprint density at radius 2 is 1.68 bits per heavy atom. The molecule has 4 rings (SSSR count). The summed E-state index contributed by atoms with van der Waals surface area (Å²) in [5, 5.41) is 8.82. The summed E-state index contributed by atoms with van der Waals surface area (Å²) < 4.78 is 11.1. The Labute approximate surface area is 164 Å². The summed E-state index contributed by atoms with van der Waals surface area (Å²) in [7, 11) is 7.42. The molecule has 4 aromatic rings. The topological polar surface area (TPSA) is 59.5 Å². The second kappa shape index (κ2) is 7.48. The van der Waals surface area contributed by atoms with Crippen LogP contribution in [0.3, 0.4) is 0 Å². The van der Waals surface area contributed by atoms with Gasteiger partial charge in [0.25, 0.3) is 0 Å². The molecular weight excluding hydrogens is 352 g/mol. The lowest BCUT2D eigenvalue weighted by Crippen LogP contribution is -2.21. The highest BCUT2D eigenvalue weighted by Crippen LogP contribution is 2.39. The maximum Gasteiger partial charge on any atom is 0.161 e. The van der Waals surface area contributed by atoms with Gasteiger partial charge in [-0.3, -0.25) is 4.98 Å². The number of ether oxygens (including phenoxy) is 2. The molecule has 0 amide bonds. The highest BCUT2D eigenvalue weighted by atomic mass is 16.5. The predicted molar refractivity (Wildman–Crippen MR) is 115 cm³/mol. The molecule has 0 atom stereocenters. The summed E-state index contributed by atoms with van der Waals surface area (Å²) in [4.78, 5) is 11.4. The van der Waals surface area contributed by atoms with Gasteiger partial charge in [0, 0.05) is 47.0 Å². The molecule has 144 valence electrons. The number of benzene rings is 2. The molecule has 0 saturated carbocycles. The average Bonchev–Trinajstić information content (AvgIpc) is 2.72. The molecule has 0 radical (unpaired) electrons. The monoisotopic (exact) mass is 376 g/mol. The minimum absolute atomic E-state index is 0.691. The van der Waals surface area contributed by atoms with E-state index >= 15 is 0 Å². The van der Waals surface area contributed by atoms with Crippen molar-refractivity contribution in [3.63, 3.8) is 0 Å². The molecule has 28 heavy (non-hydrogen) atoms. The van der Waals surface area contributed by atoms with Crippen molar-refractivity contribution in [3.8, 4) is 11.5 Å². The largest absolute Gasteiger partial charge is 0.493 e. The quantitative estimate of drug-likeness (QED) is 0.515. The second-order valence-corrected chi connectivity index (χ2v) is 7.00. The van der Waals surface area contributed by atoms with Crippen molar-refractivity contribution in [2.24, 2.45) is 0 Å². The molecule has 0 saturated heterocycles.